The van der Waals surface area contributed by atoms with Crippen molar-refractivity contribution in [2.24, 2.45) is 0 Å². The van der Waals surface area contributed by atoms with E-state index in [2.05, 4.69) is 14.8 Å². The molecular formula is C17H15ClN4O2. The first-order valence-corrected chi connectivity index (χ1v) is 8.47. The number of carbonyl (C=O) groups is 1. The molecule has 5 rings (SSSR count). The lowest BCUT2D eigenvalue weighted by molar-refractivity contribution is 0.0708. The van der Waals surface area contributed by atoms with E-state index in [1.54, 1.807) is 24.5 Å². The van der Waals surface area contributed by atoms with Crippen LogP contribution in [0.5, 0.6) is 0 Å². The van der Waals surface area contributed by atoms with E-state index in [-0.39, 0.29) is 5.91 Å². The summed E-state index contributed by atoms with van der Waals surface area (Å²) < 4.78 is 7.57. The lowest BCUT2D eigenvalue weighted by Crippen LogP contribution is -2.38. The van der Waals surface area contributed by atoms with Gasteiger partial charge in [0.25, 0.3) is 5.91 Å². The molecule has 122 valence electrons. The van der Waals surface area contributed by atoms with Crippen molar-refractivity contribution in [2.45, 2.75) is 31.8 Å². The van der Waals surface area contributed by atoms with Gasteiger partial charge in [0.1, 0.15) is 5.82 Å². The summed E-state index contributed by atoms with van der Waals surface area (Å²) in [5.74, 6) is 2.49. The van der Waals surface area contributed by atoms with Gasteiger partial charge in [-0.1, -0.05) is 11.6 Å². The van der Waals surface area contributed by atoms with Crippen LogP contribution in [0.1, 0.15) is 40.8 Å². The Bertz CT molecular complexity index is 957. The number of rotatable bonds is 2. The molecule has 2 aromatic heterocycles. The number of hydrogen-bond donors (Lipinski definition) is 0. The summed E-state index contributed by atoms with van der Waals surface area (Å²) in [6, 6.07) is 5.25. The SMILES string of the molecule is O=C(c1ccc(Cl)c2occc12)N1CCn2c(nnc2C2CC2)C1. The molecule has 1 saturated carbocycles. The quantitative estimate of drug-likeness (QED) is 0.717. The predicted octanol–water partition coefficient (Wildman–Crippen LogP) is 3.21. The molecule has 1 aliphatic carbocycles. The molecular weight excluding hydrogens is 328 g/mol. The maximum Gasteiger partial charge on any atom is 0.255 e. The molecule has 0 radical (unpaired) electrons. The number of amides is 1. The van der Waals surface area contributed by atoms with Crippen molar-refractivity contribution >= 4 is 28.5 Å². The first-order chi connectivity index (χ1) is 11.7. The second kappa shape index (κ2) is 5.08. The zero-order valence-corrected chi connectivity index (χ0v) is 13.7. The van der Waals surface area contributed by atoms with Gasteiger partial charge in [0, 0.05) is 24.4 Å². The lowest BCUT2D eigenvalue weighted by atomic mass is 10.1. The standard InChI is InChI=1S/C17H15ClN4O2/c18-13-4-3-12(11-5-8-24-15(11)13)17(23)21-6-7-22-14(9-21)19-20-16(22)10-1-2-10/h3-5,8,10H,1-2,6-7,9H2. The van der Waals surface area contributed by atoms with Crippen LogP contribution in [-0.2, 0) is 13.1 Å². The molecule has 2 aliphatic rings. The van der Waals surface area contributed by atoms with Crippen LogP contribution < -0.4 is 0 Å². The largest absolute Gasteiger partial charge is 0.463 e. The van der Waals surface area contributed by atoms with Crippen molar-refractivity contribution in [1.82, 2.24) is 19.7 Å². The van der Waals surface area contributed by atoms with Crippen LogP contribution in [0.25, 0.3) is 11.0 Å². The van der Waals surface area contributed by atoms with Gasteiger partial charge in [0.05, 0.1) is 23.4 Å². The van der Waals surface area contributed by atoms with Crippen LogP contribution in [0.4, 0.5) is 0 Å². The van der Waals surface area contributed by atoms with Crippen molar-refractivity contribution in [3.63, 3.8) is 0 Å². The third kappa shape index (κ3) is 2.06. The molecule has 24 heavy (non-hydrogen) atoms. The fourth-order valence-electron chi connectivity index (χ4n) is 3.38. The second-order valence-corrected chi connectivity index (χ2v) is 6.79. The first-order valence-electron chi connectivity index (χ1n) is 8.09. The van der Waals surface area contributed by atoms with E-state index >= 15 is 0 Å². The van der Waals surface area contributed by atoms with E-state index in [4.69, 9.17) is 16.0 Å². The monoisotopic (exact) mass is 342 g/mol. The normalized spacial score (nSPS) is 17.3. The summed E-state index contributed by atoms with van der Waals surface area (Å²) in [6.45, 7) is 1.90. The molecule has 0 bridgehead atoms. The van der Waals surface area contributed by atoms with E-state index in [1.165, 1.54) is 12.8 Å². The van der Waals surface area contributed by atoms with E-state index in [0.29, 0.717) is 35.2 Å². The zero-order valence-electron chi connectivity index (χ0n) is 12.9. The summed E-state index contributed by atoms with van der Waals surface area (Å²) in [5.41, 5.74) is 1.16. The minimum atomic E-state index is -0.0275. The van der Waals surface area contributed by atoms with E-state index in [0.717, 1.165) is 23.6 Å². The molecule has 1 amide bonds. The Morgan fingerprint density at radius 3 is 2.92 bits per heavy atom. The Morgan fingerprint density at radius 1 is 1.21 bits per heavy atom. The average Bonchev–Trinajstić information content (AvgIpc) is 3.16. The van der Waals surface area contributed by atoms with Gasteiger partial charge in [0.15, 0.2) is 11.4 Å². The number of nitrogens with zero attached hydrogens (tertiary/aromatic N) is 4. The zero-order chi connectivity index (χ0) is 16.3. The molecule has 0 spiro atoms. The lowest BCUT2D eigenvalue weighted by Gasteiger charge is -2.28. The molecule has 0 atom stereocenters. The highest BCUT2D eigenvalue weighted by Crippen LogP contribution is 2.39. The van der Waals surface area contributed by atoms with Gasteiger partial charge >= 0.3 is 0 Å². The molecule has 3 heterocycles. The number of halogens is 1. The maximum atomic E-state index is 13.0. The highest BCUT2D eigenvalue weighted by molar-refractivity contribution is 6.35. The molecule has 1 aliphatic heterocycles. The van der Waals surface area contributed by atoms with Crippen molar-refractivity contribution in [3.05, 3.63) is 46.7 Å². The molecule has 7 heteroatoms. The van der Waals surface area contributed by atoms with Gasteiger partial charge < -0.3 is 13.9 Å². The smallest absolute Gasteiger partial charge is 0.255 e. The molecule has 1 fully saturated rings. The van der Waals surface area contributed by atoms with E-state index < -0.39 is 0 Å². The molecule has 1 aromatic carbocycles. The average molecular weight is 343 g/mol. The minimum absolute atomic E-state index is 0.0275. The van der Waals surface area contributed by atoms with Crippen LogP contribution in [0.15, 0.2) is 28.9 Å². The number of aromatic nitrogens is 3. The van der Waals surface area contributed by atoms with Crippen molar-refractivity contribution < 1.29 is 9.21 Å². The van der Waals surface area contributed by atoms with Gasteiger partial charge in [-0.25, -0.2) is 0 Å². The Labute approximate surface area is 143 Å². The van der Waals surface area contributed by atoms with Crippen LogP contribution in [0.3, 0.4) is 0 Å². The van der Waals surface area contributed by atoms with E-state index in [1.807, 2.05) is 4.90 Å². The Morgan fingerprint density at radius 2 is 2.08 bits per heavy atom. The molecule has 3 aromatic rings. The molecule has 0 unspecified atom stereocenters. The fraction of sp³-hybridized carbons (Fsp3) is 0.353. The summed E-state index contributed by atoms with van der Waals surface area (Å²) in [5, 5.41) is 9.87. The Balaban J connectivity index is 1.47. The molecule has 0 saturated heterocycles. The molecule has 0 N–H and O–H groups in total. The second-order valence-electron chi connectivity index (χ2n) is 6.39. The number of carbonyl (C=O) groups excluding carboxylic acids is 1. The number of furan rings is 1. The van der Waals surface area contributed by atoms with Crippen LogP contribution >= 0.6 is 11.6 Å². The van der Waals surface area contributed by atoms with Crippen molar-refractivity contribution in [1.29, 1.82) is 0 Å². The fourth-order valence-corrected chi connectivity index (χ4v) is 3.59. The number of hydrogen-bond acceptors (Lipinski definition) is 4. The number of benzene rings is 1. The van der Waals surface area contributed by atoms with Crippen LogP contribution in [0.2, 0.25) is 5.02 Å². The van der Waals surface area contributed by atoms with Gasteiger partial charge in [-0.3, -0.25) is 4.79 Å². The van der Waals surface area contributed by atoms with Crippen molar-refractivity contribution in [3.8, 4) is 0 Å². The summed E-state index contributed by atoms with van der Waals surface area (Å²) in [6.07, 6.45) is 3.95. The Kier molecular flexibility index (Phi) is 2.97. The van der Waals surface area contributed by atoms with E-state index in [9.17, 15) is 4.79 Å². The topological polar surface area (TPSA) is 64.2 Å². The predicted molar refractivity (Wildman–Crippen MR) is 88.0 cm³/mol. The minimum Gasteiger partial charge on any atom is -0.463 e. The van der Waals surface area contributed by atoms with Crippen LogP contribution in [0, 0.1) is 0 Å². The van der Waals surface area contributed by atoms with Crippen LogP contribution in [-0.4, -0.2) is 32.1 Å². The van der Waals surface area contributed by atoms with Gasteiger partial charge in [-0.05, 0) is 31.0 Å². The summed E-state index contributed by atoms with van der Waals surface area (Å²) >= 11 is 6.13. The summed E-state index contributed by atoms with van der Waals surface area (Å²) in [4.78, 5) is 14.8. The third-order valence-corrected chi connectivity index (χ3v) is 5.11. The van der Waals surface area contributed by atoms with Gasteiger partial charge in [-0.2, -0.15) is 0 Å². The highest BCUT2D eigenvalue weighted by atomic mass is 35.5. The first kappa shape index (κ1) is 14.0. The van der Waals surface area contributed by atoms with Gasteiger partial charge in [-0.15, -0.1) is 10.2 Å². The number of fused-ring (bicyclic) bond motifs is 2. The molecule has 6 nitrogen and oxygen atoms in total. The summed E-state index contributed by atoms with van der Waals surface area (Å²) in [7, 11) is 0. The third-order valence-electron chi connectivity index (χ3n) is 4.81. The Hall–Kier alpha value is -2.34. The van der Waals surface area contributed by atoms with Crippen molar-refractivity contribution in [2.75, 3.05) is 6.54 Å². The highest BCUT2D eigenvalue weighted by Gasteiger charge is 2.33. The van der Waals surface area contributed by atoms with Gasteiger partial charge in [0.2, 0.25) is 0 Å². The maximum absolute atomic E-state index is 13.0.